The third-order valence-corrected chi connectivity index (χ3v) is 4.13. The molecule has 1 saturated carbocycles. The Balaban J connectivity index is 2.14. The van der Waals surface area contributed by atoms with Gasteiger partial charge in [-0.05, 0) is 37.0 Å². The van der Waals surface area contributed by atoms with Crippen molar-refractivity contribution in [1.82, 2.24) is 5.32 Å². The number of carbonyl (C=O) groups is 1. The quantitative estimate of drug-likeness (QED) is 0.865. The summed E-state index contributed by atoms with van der Waals surface area (Å²) in [5.41, 5.74) is -0.0386. The van der Waals surface area contributed by atoms with Crippen LogP contribution in [0.25, 0.3) is 0 Å². The highest BCUT2D eigenvalue weighted by molar-refractivity contribution is 7.89. The highest BCUT2D eigenvalue weighted by atomic mass is 32.2. The van der Waals surface area contributed by atoms with Crippen molar-refractivity contribution in [3.63, 3.8) is 0 Å². The molecule has 0 aliphatic heterocycles. The van der Waals surface area contributed by atoms with E-state index < -0.39 is 26.6 Å². The zero-order valence-electron chi connectivity index (χ0n) is 10.2. The molecule has 1 aliphatic rings. The molecule has 5 nitrogen and oxygen atoms in total. The molecule has 1 amide bonds. The Morgan fingerprint density at radius 3 is 2.58 bits per heavy atom. The monoisotopic (exact) mass is 286 g/mol. The van der Waals surface area contributed by atoms with Gasteiger partial charge in [0.2, 0.25) is 10.0 Å². The van der Waals surface area contributed by atoms with Crippen LogP contribution in [0, 0.1) is 11.7 Å². The number of hydrogen-bond donors (Lipinski definition) is 2. The van der Waals surface area contributed by atoms with Crippen LogP contribution < -0.4 is 10.5 Å². The summed E-state index contributed by atoms with van der Waals surface area (Å²) < 4.78 is 35.6. The number of amides is 1. The van der Waals surface area contributed by atoms with E-state index >= 15 is 0 Å². The van der Waals surface area contributed by atoms with Crippen molar-refractivity contribution in [2.45, 2.75) is 24.2 Å². The molecule has 0 radical (unpaired) electrons. The average molecular weight is 286 g/mol. The molecule has 19 heavy (non-hydrogen) atoms. The van der Waals surface area contributed by atoms with Crippen molar-refractivity contribution in [1.29, 1.82) is 0 Å². The van der Waals surface area contributed by atoms with Crippen molar-refractivity contribution >= 4 is 15.9 Å². The lowest BCUT2D eigenvalue weighted by molar-refractivity contribution is 0.0938. The molecule has 0 bridgehead atoms. The summed E-state index contributed by atoms with van der Waals surface area (Å²) in [4.78, 5) is 11.4. The first-order chi connectivity index (χ1) is 8.86. The minimum atomic E-state index is -4.03. The number of primary sulfonamides is 1. The zero-order chi connectivity index (χ0) is 14.0. The number of carbonyl (C=O) groups excluding carboxylic acids is 1. The number of halogens is 1. The first-order valence-corrected chi connectivity index (χ1v) is 7.52. The average Bonchev–Trinajstić information content (AvgIpc) is 2.24. The molecule has 0 saturated heterocycles. The van der Waals surface area contributed by atoms with E-state index in [1.54, 1.807) is 0 Å². The van der Waals surface area contributed by atoms with Gasteiger partial charge in [0.1, 0.15) is 5.82 Å². The van der Waals surface area contributed by atoms with Crippen LogP contribution in [0.5, 0.6) is 0 Å². The van der Waals surface area contributed by atoms with Crippen molar-refractivity contribution in [3.05, 3.63) is 29.6 Å². The maximum Gasteiger partial charge on any atom is 0.251 e. The van der Waals surface area contributed by atoms with Gasteiger partial charge in [0, 0.05) is 12.1 Å². The Hall–Kier alpha value is -1.47. The van der Waals surface area contributed by atoms with Gasteiger partial charge in [-0.3, -0.25) is 4.79 Å². The predicted octanol–water partition coefficient (Wildman–Crippen LogP) is 1.00. The number of sulfonamides is 1. The Bertz CT molecular complexity index is 597. The Kier molecular flexibility index (Phi) is 3.86. The number of nitrogens with two attached hydrogens (primary N) is 1. The fourth-order valence-electron chi connectivity index (χ4n) is 1.89. The fourth-order valence-corrected chi connectivity index (χ4v) is 2.46. The predicted molar refractivity (Wildman–Crippen MR) is 67.4 cm³/mol. The molecule has 0 unspecified atom stereocenters. The minimum Gasteiger partial charge on any atom is -0.352 e. The van der Waals surface area contributed by atoms with E-state index in [1.165, 1.54) is 0 Å². The topological polar surface area (TPSA) is 89.3 Å². The van der Waals surface area contributed by atoms with E-state index in [0.717, 1.165) is 37.5 Å². The molecule has 1 aromatic rings. The van der Waals surface area contributed by atoms with Crippen molar-refractivity contribution in [2.75, 3.05) is 6.54 Å². The van der Waals surface area contributed by atoms with Crippen molar-refractivity contribution in [2.24, 2.45) is 11.1 Å². The number of nitrogens with one attached hydrogen (secondary N) is 1. The van der Waals surface area contributed by atoms with Crippen molar-refractivity contribution in [3.8, 4) is 0 Å². The summed E-state index contributed by atoms with van der Waals surface area (Å²) in [6.07, 6.45) is 3.31. The molecule has 0 heterocycles. The summed E-state index contributed by atoms with van der Waals surface area (Å²) in [5.74, 6) is -0.827. The molecule has 1 aliphatic carbocycles. The third-order valence-electron chi connectivity index (χ3n) is 3.24. The normalized spacial score (nSPS) is 15.9. The van der Waals surface area contributed by atoms with Gasteiger partial charge in [-0.25, -0.2) is 17.9 Å². The number of hydrogen-bond acceptors (Lipinski definition) is 3. The molecule has 2 rings (SSSR count). The van der Waals surface area contributed by atoms with E-state index in [0.29, 0.717) is 12.5 Å². The second-order valence-corrected chi connectivity index (χ2v) is 6.29. The molecule has 1 fully saturated rings. The highest BCUT2D eigenvalue weighted by Gasteiger charge is 2.19. The standard InChI is InChI=1S/C12H15FN2O3S/c13-10-4-9(5-11(6-10)19(14,17)18)12(16)15-7-8-2-1-3-8/h4-6,8H,1-3,7H2,(H,15,16)(H2,14,17,18). The van der Waals surface area contributed by atoms with Crippen LogP contribution >= 0.6 is 0 Å². The molecule has 3 N–H and O–H groups in total. The molecule has 1 aromatic carbocycles. The lowest BCUT2D eigenvalue weighted by Gasteiger charge is -2.25. The summed E-state index contributed by atoms with van der Waals surface area (Å²) in [5, 5.41) is 7.59. The van der Waals surface area contributed by atoms with Crippen LogP contribution in [0.3, 0.4) is 0 Å². The van der Waals surface area contributed by atoms with Gasteiger partial charge >= 0.3 is 0 Å². The maximum atomic E-state index is 13.3. The smallest absolute Gasteiger partial charge is 0.251 e. The van der Waals surface area contributed by atoms with Gasteiger partial charge in [0.05, 0.1) is 4.90 Å². The Morgan fingerprint density at radius 1 is 1.37 bits per heavy atom. The summed E-state index contributed by atoms with van der Waals surface area (Å²) >= 11 is 0. The summed E-state index contributed by atoms with van der Waals surface area (Å²) in [6, 6.07) is 2.86. The van der Waals surface area contributed by atoms with Crippen LogP contribution in [0.4, 0.5) is 4.39 Å². The van der Waals surface area contributed by atoms with Gasteiger partial charge in [0.25, 0.3) is 5.91 Å². The van der Waals surface area contributed by atoms with Gasteiger partial charge in [-0.15, -0.1) is 0 Å². The molecular formula is C12H15FN2O3S. The van der Waals surface area contributed by atoms with Crippen LogP contribution in [-0.2, 0) is 10.0 Å². The van der Waals surface area contributed by atoms with Crippen LogP contribution in [0.15, 0.2) is 23.1 Å². The van der Waals surface area contributed by atoms with Crippen molar-refractivity contribution < 1.29 is 17.6 Å². The van der Waals surface area contributed by atoms with Gasteiger partial charge in [-0.1, -0.05) is 6.42 Å². The third kappa shape index (κ3) is 3.51. The maximum absolute atomic E-state index is 13.3. The fraction of sp³-hybridized carbons (Fsp3) is 0.417. The van der Waals surface area contributed by atoms with Crippen LogP contribution in [-0.4, -0.2) is 20.9 Å². The zero-order valence-corrected chi connectivity index (χ0v) is 11.0. The molecule has 7 heteroatoms. The van der Waals surface area contributed by atoms with Gasteiger partial charge < -0.3 is 5.32 Å². The lowest BCUT2D eigenvalue weighted by atomic mass is 9.85. The number of rotatable bonds is 4. The first kappa shape index (κ1) is 14.0. The molecule has 0 aromatic heterocycles. The molecular weight excluding hydrogens is 271 g/mol. The largest absolute Gasteiger partial charge is 0.352 e. The van der Waals surface area contributed by atoms with Crippen LogP contribution in [0.2, 0.25) is 0 Å². The Morgan fingerprint density at radius 2 is 2.05 bits per heavy atom. The summed E-state index contributed by atoms with van der Waals surface area (Å²) in [6.45, 7) is 0.528. The van der Waals surface area contributed by atoms with E-state index in [9.17, 15) is 17.6 Å². The number of benzene rings is 1. The summed E-state index contributed by atoms with van der Waals surface area (Å²) in [7, 11) is -4.03. The van der Waals surface area contributed by atoms with E-state index in [2.05, 4.69) is 5.32 Å². The van der Waals surface area contributed by atoms with Gasteiger partial charge in [-0.2, -0.15) is 0 Å². The molecule has 0 spiro atoms. The van der Waals surface area contributed by atoms with E-state index in [1.807, 2.05) is 0 Å². The SMILES string of the molecule is NS(=O)(=O)c1cc(F)cc(C(=O)NCC2CCC2)c1. The highest BCUT2D eigenvalue weighted by Crippen LogP contribution is 2.25. The van der Waals surface area contributed by atoms with E-state index in [4.69, 9.17) is 5.14 Å². The second-order valence-electron chi connectivity index (χ2n) is 4.73. The second kappa shape index (κ2) is 5.26. The Labute approximate surface area is 111 Å². The van der Waals surface area contributed by atoms with E-state index in [-0.39, 0.29) is 5.56 Å². The lowest BCUT2D eigenvalue weighted by Crippen LogP contribution is -2.32. The first-order valence-electron chi connectivity index (χ1n) is 5.98. The molecule has 0 atom stereocenters. The molecule has 104 valence electrons. The van der Waals surface area contributed by atoms with Gasteiger partial charge in [0.15, 0.2) is 0 Å². The minimum absolute atomic E-state index is 0.0386. The van der Waals surface area contributed by atoms with Crippen LogP contribution in [0.1, 0.15) is 29.6 Å².